The topological polar surface area (TPSA) is 48.9 Å². The van der Waals surface area contributed by atoms with E-state index < -0.39 is 0 Å². The SMILES string of the molecule is CCNC(=NCCCC1CCCC1)NCCN(C)CCOC.I. The molecule has 0 spiro atoms. The first-order valence-corrected chi connectivity index (χ1v) is 8.96. The van der Waals surface area contributed by atoms with Crippen LogP contribution in [0, 0.1) is 5.92 Å². The number of nitrogens with zero attached hydrogens (tertiary/aromatic N) is 2. The minimum absolute atomic E-state index is 0. The first-order chi connectivity index (χ1) is 10.8. The minimum Gasteiger partial charge on any atom is -0.383 e. The summed E-state index contributed by atoms with van der Waals surface area (Å²) in [4.78, 5) is 6.95. The molecule has 23 heavy (non-hydrogen) atoms. The third kappa shape index (κ3) is 12.0. The van der Waals surface area contributed by atoms with Crippen LogP contribution in [0.15, 0.2) is 4.99 Å². The molecule has 0 saturated heterocycles. The minimum atomic E-state index is 0. The molecule has 6 heteroatoms. The Morgan fingerprint density at radius 1 is 1.22 bits per heavy atom. The van der Waals surface area contributed by atoms with Crippen LogP contribution in [0.2, 0.25) is 0 Å². The predicted octanol–water partition coefficient (Wildman–Crippen LogP) is 2.71. The van der Waals surface area contributed by atoms with E-state index in [1.54, 1.807) is 7.11 Å². The van der Waals surface area contributed by atoms with Gasteiger partial charge in [0, 0.05) is 39.8 Å². The first kappa shape index (κ1) is 22.9. The second kappa shape index (κ2) is 15.4. The highest BCUT2D eigenvalue weighted by Gasteiger charge is 2.13. The molecule has 0 bridgehead atoms. The van der Waals surface area contributed by atoms with E-state index in [2.05, 4.69) is 34.5 Å². The summed E-state index contributed by atoms with van der Waals surface area (Å²) in [6.07, 6.45) is 8.33. The lowest BCUT2D eigenvalue weighted by Crippen LogP contribution is -2.41. The van der Waals surface area contributed by atoms with Crippen molar-refractivity contribution in [3.05, 3.63) is 0 Å². The number of methoxy groups -OCH3 is 1. The molecule has 1 aliphatic carbocycles. The zero-order chi connectivity index (χ0) is 16.0. The van der Waals surface area contributed by atoms with Crippen LogP contribution in [-0.4, -0.2) is 64.3 Å². The van der Waals surface area contributed by atoms with Gasteiger partial charge in [-0.05, 0) is 32.7 Å². The van der Waals surface area contributed by atoms with Crippen molar-refractivity contribution in [3.8, 4) is 0 Å². The normalized spacial score (nSPS) is 15.7. The predicted molar refractivity (Wildman–Crippen MR) is 110 cm³/mol. The van der Waals surface area contributed by atoms with Crippen LogP contribution in [-0.2, 0) is 4.74 Å². The van der Waals surface area contributed by atoms with Crippen LogP contribution in [0.4, 0.5) is 0 Å². The van der Waals surface area contributed by atoms with Crippen molar-refractivity contribution in [1.29, 1.82) is 0 Å². The molecule has 0 unspecified atom stereocenters. The van der Waals surface area contributed by atoms with Gasteiger partial charge >= 0.3 is 0 Å². The molecule has 0 aromatic carbocycles. The number of aliphatic imine (C=N–C) groups is 1. The molecule has 0 atom stereocenters. The Balaban J connectivity index is 0.00000484. The lowest BCUT2D eigenvalue weighted by atomic mass is 10.0. The number of nitrogens with one attached hydrogen (secondary N) is 2. The maximum absolute atomic E-state index is 5.09. The van der Waals surface area contributed by atoms with Gasteiger partial charge < -0.3 is 20.3 Å². The van der Waals surface area contributed by atoms with Crippen molar-refractivity contribution < 1.29 is 4.74 Å². The van der Waals surface area contributed by atoms with Gasteiger partial charge in [0.2, 0.25) is 0 Å². The Bertz CT molecular complexity index is 296. The van der Waals surface area contributed by atoms with Crippen molar-refractivity contribution in [1.82, 2.24) is 15.5 Å². The van der Waals surface area contributed by atoms with Gasteiger partial charge in [0.05, 0.1) is 6.61 Å². The third-order valence-electron chi connectivity index (χ3n) is 4.32. The Labute approximate surface area is 160 Å². The number of guanidine groups is 1. The van der Waals surface area contributed by atoms with Crippen molar-refractivity contribution in [2.75, 3.05) is 53.5 Å². The summed E-state index contributed by atoms with van der Waals surface area (Å²) in [5.41, 5.74) is 0. The summed E-state index contributed by atoms with van der Waals surface area (Å²) in [7, 11) is 3.86. The summed E-state index contributed by atoms with van der Waals surface area (Å²) in [6.45, 7) is 7.61. The molecule has 0 radical (unpaired) electrons. The summed E-state index contributed by atoms with van der Waals surface area (Å²) in [6, 6.07) is 0. The van der Waals surface area contributed by atoms with Gasteiger partial charge in [0.1, 0.15) is 0 Å². The molecule has 1 fully saturated rings. The number of halogens is 1. The average molecular weight is 440 g/mol. The largest absolute Gasteiger partial charge is 0.383 e. The molecule has 0 heterocycles. The fraction of sp³-hybridized carbons (Fsp3) is 0.941. The summed E-state index contributed by atoms with van der Waals surface area (Å²) in [5.74, 6) is 1.93. The number of hydrogen-bond donors (Lipinski definition) is 2. The summed E-state index contributed by atoms with van der Waals surface area (Å²) in [5, 5.41) is 6.74. The van der Waals surface area contributed by atoms with E-state index in [0.717, 1.165) is 51.2 Å². The van der Waals surface area contributed by atoms with E-state index in [0.29, 0.717) is 0 Å². The highest BCUT2D eigenvalue weighted by molar-refractivity contribution is 14.0. The molecule has 1 aliphatic rings. The quantitative estimate of drug-likeness (QED) is 0.225. The van der Waals surface area contributed by atoms with E-state index in [-0.39, 0.29) is 24.0 Å². The monoisotopic (exact) mass is 440 g/mol. The molecule has 0 aromatic heterocycles. The molecule has 5 nitrogen and oxygen atoms in total. The fourth-order valence-electron chi connectivity index (χ4n) is 2.94. The molecular weight excluding hydrogens is 403 g/mol. The molecule has 0 aliphatic heterocycles. The average Bonchev–Trinajstić information content (AvgIpc) is 3.02. The molecule has 1 rings (SSSR count). The van der Waals surface area contributed by atoms with E-state index in [9.17, 15) is 0 Å². The van der Waals surface area contributed by atoms with Crippen LogP contribution >= 0.6 is 24.0 Å². The number of likely N-dealkylation sites (N-methyl/N-ethyl adjacent to an activating group) is 1. The second-order valence-corrected chi connectivity index (χ2v) is 6.28. The van der Waals surface area contributed by atoms with E-state index >= 15 is 0 Å². The molecule has 0 amide bonds. The highest BCUT2D eigenvalue weighted by atomic mass is 127. The smallest absolute Gasteiger partial charge is 0.191 e. The lowest BCUT2D eigenvalue weighted by Gasteiger charge is -2.17. The van der Waals surface area contributed by atoms with Crippen molar-refractivity contribution in [2.24, 2.45) is 10.9 Å². The van der Waals surface area contributed by atoms with Gasteiger partial charge in [-0.3, -0.25) is 4.99 Å². The van der Waals surface area contributed by atoms with Gasteiger partial charge in [-0.1, -0.05) is 25.7 Å². The van der Waals surface area contributed by atoms with E-state index in [1.165, 1.54) is 38.5 Å². The Morgan fingerprint density at radius 3 is 2.61 bits per heavy atom. The second-order valence-electron chi connectivity index (χ2n) is 6.28. The van der Waals surface area contributed by atoms with Crippen LogP contribution < -0.4 is 10.6 Å². The van der Waals surface area contributed by atoms with Gasteiger partial charge in [-0.15, -0.1) is 24.0 Å². The molecule has 0 aromatic rings. The molecule has 1 saturated carbocycles. The van der Waals surface area contributed by atoms with Gasteiger partial charge in [-0.25, -0.2) is 0 Å². The highest BCUT2D eigenvalue weighted by Crippen LogP contribution is 2.28. The van der Waals surface area contributed by atoms with Gasteiger partial charge in [-0.2, -0.15) is 0 Å². The van der Waals surface area contributed by atoms with Crippen LogP contribution in [0.25, 0.3) is 0 Å². The van der Waals surface area contributed by atoms with Crippen LogP contribution in [0.1, 0.15) is 45.4 Å². The number of rotatable bonds is 11. The van der Waals surface area contributed by atoms with E-state index in [4.69, 9.17) is 4.74 Å². The summed E-state index contributed by atoms with van der Waals surface area (Å²) < 4.78 is 5.09. The van der Waals surface area contributed by atoms with Crippen molar-refractivity contribution in [3.63, 3.8) is 0 Å². The van der Waals surface area contributed by atoms with Gasteiger partial charge in [0.15, 0.2) is 5.96 Å². The zero-order valence-corrected chi connectivity index (χ0v) is 17.6. The van der Waals surface area contributed by atoms with E-state index in [1.807, 2.05) is 0 Å². The van der Waals surface area contributed by atoms with Crippen LogP contribution in [0.5, 0.6) is 0 Å². The Morgan fingerprint density at radius 2 is 1.96 bits per heavy atom. The Kier molecular flexibility index (Phi) is 15.4. The number of ether oxygens (including phenoxy) is 1. The summed E-state index contributed by atoms with van der Waals surface area (Å²) >= 11 is 0. The maximum atomic E-state index is 5.09. The molecule has 138 valence electrons. The molecule has 2 N–H and O–H groups in total. The first-order valence-electron chi connectivity index (χ1n) is 8.96. The van der Waals surface area contributed by atoms with Crippen molar-refractivity contribution >= 4 is 29.9 Å². The lowest BCUT2D eigenvalue weighted by molar-refractivity contribution is 0.162. The zero-order valence-electron chi connectivity index (χ0n) is 15.3. The number of hydrogen-bond acceptors (Lipinski definition) is 3. The van der Waals surface area contributed by atoms with Crippen LogP contribution in [0.3, 0.4) is 0 Å². The third-order valence-corrected chi connectivity index (χ3v) is 4.32. The maximum Gasteiger partial charge on any atom is 0.191 e. The fourth-order valence-corrected chi connectivity index (χ4v) is 2.94. The van der Waals surface area contributed by atoms with Gasteiger partial charge in [0.25, 0.3) is 0 Å². The van der Waals surface area contributed by atoms with Crippen molar-refractivity contribution in [2.45, 2.75) is 45.4 Å². The Hall–Kier alpha value is -0.0800. The standard InChI is InChI=1S/C17H36N4O.HI/c1-4-18-17(20-12-13-21(2)14-15-22-3)19-11-7-10-16-8-5-6-9-16;/h16H,4-15H2,1-3H3,(H2,18,19,20);1H. The molecular formula is C17H37IN4O.